The summed E-state index contributed by atoms with van der Waals surface area (Å²) < 4.78 is 7.19. The van der Waals surface area contributed by atoms with Gasteiger partial charge >= 0.3 is 11.8 Å². The Bertz CT molecular complexity index is 1160. The Hall–Kier alpha value is -3.49. The minimum absolute atomic E-state index is 0.0172. The third-order valence-corrected chi connectivity index (χ3v) is 4.91. The second-order valence-corrected chi connectivity index (χ2v) is 6.63. The second-order valence-electron chi connectivity index (χ2n) is 6.63. The van der Waals surface area contributed by atoms with Gasteiger partial charge in [0.25, 0.3) is 0 Å². The summed E-state index contributed by atoms with van der Waals surface area (Å²) in [6, 6.07) is 5.57. The average molecular weight is 363 g/mol. The number of aromatic amines is 1. The molecule has 5 rings (SSSR count). The van der Waals surface area contributed by atoms with E-state index in [0.29, 0.717) is 18.9 Å². The molecular weight excluding hydrogens is 346 g/mol. The highest BCUT2D eigenvalue weighted by Crippen LogP contribution is 2.34. The predicted octanol–water partition coefficient (Wildman–Crippen LogP) is 1.85. The Morgan fingerprint density at radius 2 is 2.22 bits per heavy atom. The first-order valence-corrected chi connectivity index (χ1v) is 8.70. The van der Waals surface area contributed by atoms with Crippen LogP contribution >= 0.6 is 0 Å². The van der Waals surface area contributed by atoms with Crippen molar-refractivity contribution >= 4 is 11.4 Å². The summed E-state index contributed by atoms with van der Waals surface area (Å²) >= 11 is 0. The summed E-state index contributed by atoms with van der Waals surface area (Å²) in [4.78, 5) is 22.4. The van der Waals surface area contributed by atoms with Crippen LogP contribution in [-0.2, 0) is 6.42 Å². The van der Waals surface area contributed by atoms with E-state index in [9.17, 15) is 4.79 Å². The standard InChI is InChI=1S/C18H17N7O2/c1-10-4-3-6-25-14(10)8-13(23-25)16-15-12(19-9-20-15)5-7-24(16)18(26)17-22-21-11(2)27-17/h3-4,6,8-9,16H,5,7H2,1-2H3,(H,19,20)/t16-/m1/s1. The smallest absolute Gasteiger partial charge is 0.312 e. The number of carbonyl (C=O) groups is 1. The maximum absolute atomic E-state index is 13.1. The van der Waals surface area contributed by atoms with Gasteiger partial charge in [-0.1, -0.05) is 6.07 Å². The van der Waals surface area contributed by atoms with E-state index >= 15 is 0 Å². The van der Waals surface area contributed by atoms with Gasteiger partial charge in [-0.25, -0.2) is 9.50 Å². The molecule has 0 saturated heterocycles. The molecule has 0 unspecified atom stereocenters. The van der Waals surface area contributed by atoms with Gasteiger partial charge in [0, 0.05) is 31.8 Å². The lowest BCUT2D eigenvalue weighted by Gasteiger charge is -2.32. The Labute approximate surface area is 154 Å². The number of hydrogen-bond acceptors (Lipinski definition) is 6. The van der Waals surface area contributed by atoms with E-state index in [1.165, 1.54) is 0 Å². The fourth-order valence-electron chi connectivity index (χ4n) is 3.61. The third kappa shape index (κ3) is 2.42. The van der Waals surface area contributed by atoms with Crippen LogP contribution in [0.25, 0.3) is 5.52 Å². The van der Waals surface area contributed by atoms with Crippen LogP contribution in [-0.4, -0.2) is 47.1 Å². The molecule has 4 aromatic rings. The van der Waals surface area contributed by atoms with Gasteiger partial charge in [0.2, 0.25) is 5.89 Å². The van der Waals surface area contributed by atoms with Crippen molar-refractivity contribution in [1.29, 1.82) is 0 Å². The van der Waals surface area contributed by atoms with Crippen LogP contribution in [0.4, 0.5) is 0 Å². The molecular formula is C18H17N7O2. The molecule has 0 aromatic carbocycles. The number of nitrogens with zero attached hydrogens (tertiary/aromatic N) is 6. The average Bonchev–Trinajstić information content (AvgIpc) is 3.39. The van der Waals surface area contributed by atoms with E-state index in [4.69, 9.17) is 9.52 Å². The summed E-state index contributed by atoms with van der Waals surface area (Å²) in [5, 5.41) is 12.4. The molecule has 27 heavy (non-hydrogen) atoms. The number of nitrogens with one attached hydrogen (secondary N) is 1. The van der Waals surface area contributed by atoms with Crippen molar-refractivity contribution in [2.24, 2.45) is 0 Å². The normalized spacial score (nSPS) is 16.7. The van der Waals surface area contributed by atoms with E-state index in [1.807, 2.05) is 35.8 Å². The van der Waals surface area contributed by atoms with Crippen LogP contribution in [0, 0.1) is 13.8 Å². The fraction of sp³-hybridized carbons (Fsp3) is 0.278. The number of amides is 1. The van der Waals surface area contributed by atoms with Gasteiger partial charge < -0.3 is 14.3 Å². The van der Waals surface area contributed by atoms with Crippen molar-refractivity contribution in [2.45, 2.75) is 26.3 Å². The van der Waals surface area contributed by atoms with Crippen molar-refractivity contribution in [1.82, 2.24) is 34.7 Å². The highest BCUT2D eigenvalue weighted by atomic mass is 16.4. The summed E-state index contributed by atoms with van der Waals surface area (Å²) in [6.45, 7) is 4.20. The van der Waals surface area contributed by atoms with Gasteiger partial charge in [-0.3, -0.25) is 4.79 Å². The molecule has 1 aliphatic heterocycles. The lowest BCUT2D eigenvalue weighted by molar-refractivity contribution is 0.0644. The van der Waals surface area contributed by atoms with Crippen molar-refractivity contribution in [3.05, 3.63) is 65.1 Å². The summed E-state index contributed by atoms with van der Waals surface area (Å²) in [5.74, 6) is 0.0233. The lowest BCUT2D eigenvalue weighted by Crippen LogP contribution is -2.41. The van der Waals surface area contributed by atoms with Gasteiger partial charge in [-0.05, 0) is 24.6 Å². The second kappa shape index (κ2) is 5.76. The van der Waals surface area contributed by atoms with Crippen LogP contribution in [0.15, 0.2) is 35.1 Å². The molecule has 9 nitrogen and oxygen atoms in total. The Kier molecular flexibility index (Phi) is 3.36. The van der Waals surface area contributed by atoms with Crippen LogP contribution in [0.5, 0.6) is 0 Å². The van der Waals surface area contributed by atoms with Crippen molar-refractivity contribution in [2.75, 3.05) is 6.54 Å². The van der Waals surface area contributed by atoms with Crippen LogP contribution in [0.2, 0.25) is 0 Å². The van der Waals surface area contributed by atoms with Gasteiger partial charge in [-0.2, -0.15) is 5.10 Å². The molecule has 1 atom stereocenters. The molecule has 5 heterocycles. The molecule has 0 aliphatic carbocycles. The van der Waals surface area contributed by atoms with Gasteiger partial charge in [0.1, 0.15) is 6.04 Å². The molecule has 9 heteroatoms. The zero-order valence-corrected chi connectivity index (χ0v) is 14.9. The maximum Gasteiger partial charge on any atom is 0.312 e. The van der Waals surface area contributed by atoms with E-state index in [1.54, 1.807) is 18.2 Å². The molecule has 1 N–H and O–H groups in total. The first kappa shape index (κ1) is 15.7. The number of pyridine rings is 1. The molecule has 0 fully saturated rings. The number of aryl methyl sites for hydroxylation is 2. The van der Waals surface area contributed by atoms with Gasteiger partial charge in [0.15, 0.2) is 0 Å². The fourth-order valence-corrected chi connectivity index (χ4v) is 3.61. The molecule has 0 spiro atoms. The molecule has 4 aromatic heterocycles. The van der Waals surface area contributed by atoms with E-state index in [-0.39, 0.29) is 11.8 Å². The van der Waals surface area contributed by atoms with E-state index in [0.717, 1.165) is 28.2 Å². The summed E-state index contributed by atoms with van der Waals surface area (Å²) in [7, 11) is 0. The van der Waals surface area contributed by atoms with Crippen molar-refractivity contribution in [3.63, 3.8) is 0 Å². The summed E-state index contributed by atoms with van der Waals surface area (Å²) in [6.07, 6.45) is 4.23. The van der Waals surface area contributed by atoms with Gasteiger partial charge in [0.05, 0.1) is 23.2 Å². The van der Waals surface area contributed by atoms with Crippen molar-refractivity contribution < 1.29 is 9.21 Å². The van der Waals surface area contributed by atoms with Crippen LogP contribution < -0.4 is 0 Å². The number of H-pyrrole nitrogens is 1. The van der Waals surface area contributed by atoms with E-state index in [2.05, 4.69) is 20.2 Å². The number of carbonyl (C=O) groups excluding carboxylic acids is 1. The minimum Gasteiger partial charge on any atom is -0.417 e. The highest BCUT2D eigenvalue weighted by molar-refractivity contribution is 5.90. The largest absolute Gasteiger partial charge is 0.417 e. The number of fused-ring (bicyclic) bond motifs is 2. The Balaban J connectivity index is 1.64. The lowest BCUT2D eigenvalue weighted by atomic mass is 9.99. The number of hydrogen-bond donors (Lipinski definition) is 1. The molecule has 1 amide bonds. The first-order valence-electron chi connectivity index (χ1n) is 8.70. The predicted molar refractivity (Wildman–Crippen MR) is 94.1 cm³/mol. The Morgan fingerprint density at radius 3 is 3.00 bits per heavy atom. The third-order valence-electron chi connectivity index (χ3n) is 4.91. The quantitative estimate of drug-likeness (QED) is 0.583. The topological polar surface area (TPSA) is 105 Å². The number of imidazole rings is 1. The molecule has 0 radical (unpaired) electrons. The van der Waals surface area contributed by atoms with Crippen molar-refractivity contribution in [3.8, 4) is 0 Å². The summed E-state index contributed by atoms with van der Waals surface area (Å²) in [5.41, 5.74) is 4.67. The van der Waals surface area contributed by atoms with Crippen LogP contribution in [0.1, 0.15) is 45.3 Å². The molecule has 136 valence electrons. The number of rotatable bonds is 2. The first-order chi connectivity index (χ1) is 13.1. The SMILES string of the molecule is Cc1nnc(C(=O)N2CCc3[nH]cnc3[C@H]2c2cc3c(C)cccn3n2)o1. The Morgan fingerprint density at radius 1 is 1.33 bits per heavy atom. The minimum atomic E-state index is -0.418. The molecule has 1 aliphatic rings. The molecule has 0 bridgehead atoms. The monoisotopic (exact) mass is 363 g/mol. The highest BCUT2D eigenvalue weighted by Gasteiger charge is 2.38. The van der Waals surface area contributed by atoms with E-state index < -0.39 is 6.04 Å². The van der Waals surface area contributed by atoms with Gasteiger partial charge in [-0.15, -0.1) is 10.2 Å². The number of aromatic nitrogens is 6. The maximum atomic E-state index is 13.1. The molecule has 0 saturated carbocycles. The zero-order valence-electron chi connectivity index (χ0n) is 14.9. The zero-order chi connectivity index (χ0) is 18.5. The van der Waals surface area contributed by atoms with Crippen LogP contribution in [0.3, 0.4) is 0 Å².